The van der Waals surface area contributed by atoms with Gasteiger partial charge in [0.25, 0.3) is 0 Å². The van der Waals surface area contributed by atoms with Crippen LogP contribution >= 0.6 is 0 Å². The molecule has 1 heterocycles. The minimum Gasteiger partial charge on any atom is -0.450 e. The maximum absolute atomic E-state index is 11.9. The third-order valence-electron chi connectivity index (χ3n) is 3.14. The van der Waals surface area contributed by atoms with E-state index in [1.54, 1.807) is 31.2 Å². The lowest BCUT2D eigenvalue weighted by atomic mass is 10.1. The minimum atomic E-state index is -0.542. The molecule has 0 fully saturated rings. The number of nitrogens with one attached hydrogen (secondary N) is 1. The summed E-state index contributed by atoms with van der Waals surface area (Å²) in [7, 11) is 0. The molecule has 0 spiro atoms. The summed E-state index contributed by atoms with van der Waals surface area (Å²) in [5.74, 6) is 0. The third-order valence-corrected chi connectivity index (χ3v) is 3.14. The molecular weight excluding hydrogens is 270 g/mol. The zero-order valence-electron chi connectivity index (χ0n) is 11.4. The zero-order valence-corrected chi connectivity index (χ0v) is 11.4. The van der Waals surface area contributed by atoms with Crippen molar-refractivity contribution in [3.05, 3.63) is 52.9 Å². The molecule has 0 radical (unpaired) electrons. The first kappa shape index (κ1) is 13.2. The Balaban J connectivity index is 2.12. The Bertz CT molecular complexity index is 882. The van der Waals surface area contributed by atoms with E-state index in [2.05, 4.69) is 5.32 Å². The first-order valence-electron chi connectivity index (χ1n) is 6.58. The first-order valence-corrected chi connectivity index (χ1v) is 6.58. The molecule has 106 valence electrons. The van der Waals surface area contributed by atoms with Gasteiger partial charge in [0.15, 0.2) is 0 Å². The smallest absolute Gasteiger partial charge is 0.411 e. The number of hydrogen-bond acceptors (Lipinski definition) is 4. The van der Waals surface area contributed by atoms with Crippen LogP contribution < -0.4 is 10.9 Å². The fourth-order valence-electron chi connectivity index (χ4n) is 2.24. The van der Waals surface area contributed by atoms with E-state index in [0.717, 1.165) is 10.8 Å². The Morgan fingerprint density at radius 2 is 1.90 bits per heavy atom. The molecule has 0 unspecified atom stereocenters. The SMILES string of the molecule is CCOC(=O)Nc1ccc2c(c1)oc(=O)c1ccccc12. The molecule has 1 N–H and O–H groups in total. The highest BCUT2D eigenvalue weighted by Gasteiger charge is 2.08. The summed E-state index contributed by atoms with van der Waals surface area (Å²) >= 11 is 0. The molecule has 0 aliphatic heterocycles. The van der Waals surface area contributed by atoms with E-state index in [0.29, 0.717) is 23.3 Å². The summed E-state index contributed by atoms with van der Waals surface area (Å²) in [6.07, 6.45) is -0.542. The summed E-state index contributed by atoms with van der Waals surface area (Å²) in [6, 6.07) is 12.4. The van der Waals surface area contributed by atoms with E-state index in [-0.39, 0.29) is 0 Å². The number of ether oxygens (including phenoxy) is 1. The highest BCUT2D eigenvalue weighted by molar-refractivity contribution is 6.05. The van der Waals surface area contributed by atoms with Crippen LogP contribution in [0.15, 0.2) is 51.7 Å². The van der Waals surface area contributed by atoms with Gasteiger partial charge in [0, 0.05) is 17.1 Å². The topological polar surface area (TPSA) is 68.5 Å². The van der Waals surface area contributed by atoms with E-state index in [1.807, 2.05) is 18.2 Å². The fourth-order valence-corrected chi connectivity index (χ4v) is 2.24. The van der Waals surface area contributed by atoms with E-state index in [4.69, 9.17) is 9.15 Å². The van der Waals surface area contributed by atoms with Crippen molar-refractivity contribution in [2.75, 3.05) is 11.9 Å². The van der Waals surface area contributed by atoms with Crippen molar-refractivity contribution < 1.29 is 13.9 Å². The molecule has 0 atom stereocenters. The molecule has 1 aromatic heterocycles. The standard InChI is InChI=1S/C16H13NO4/c1-2-20-16(19)17-10-7-8-12-11-5-3-4-6-13(11)15(18)21-14(12)9-10/h3-9H,2H2,1H3,(H,17,19). The summed E-state index contributed by atoms with van der Waals surface area (Å²) in [5, 5.41) is 4.76. The van der Waals surface area contributed by atoms with Gasteiger partial charge in [0.05, 0.1) is 12.0 Å². The molecule has 0 saturated carbocycles. The largest absolute Gasteiger partial charge is 0.450 e. The highest BCUT2D eigenvalue weighted by Crippen LogP contribution is 2.25. The molecule has 3 aromatic rings. The molecule has 21 heavy (non-hydrogen) atoms. The number of fused-ring (bicyclic) bond motifs is 3. The van der Waals surface area contributed by atoms with Crippen molar-refractivity contribution >= 4 is 33.5 Å². The predicted octanol–water partition coefficient (Wildman–Crippen LogP) is 3.51. The van der Waals surface area contributed by atoms with Crippen molar-refractivity contribution in [2.45, 2.75) is 6.92 Å². The summed E-state index contributed by atoms with van der Waals surface area (Å²) in [4.78, 5) is 23.4. The number of amides is 1. The van der Waals surface area contributed by atoms with Crippen molar-refractivity contribution in [2.24, 2.45) is 0 Å². The average Bonchev–Trinajstić information content (AvgIpc) is 2.47. The molecule has 0 aliphatic rings. The second kappa shape index (κ2) is 5.28. The molecule has 0 saturated heterocycles. The van der Waals surface area contributed by atoms with Gasteiger partial charge >= 0.3 is 11.7 Å². The van der Waals surface area contributed by atoms with Crippen LogP contribution in [0.5, 0.6) is 0 Å². The van der Waals surface area contributed by atoms with Crippen molar-refractivity contribution in [1.29, 1.82) is 0 Å². The molecule has 0 bridgehead atoms. The lowest BCUT2D eigenvalue weighted by Crippen LogP contribution is -2.13. The predicted molar refractivity (Wildman–Crippen MR) is 80.6 cm³/mol. The molecule has 3 rings (SSSR count). The van der Waals surface area contributed by atoms with Gasteiger partial charge in [-0.2, -0.15) is 0 Å². The Labute approximate surface area is 120 Å². The first-order chi connectivity index (χ1) is 10.2. The van der Waals surface area contributed by atoms with Crippen LogP contribution in [0.2, 0.25) is 0 Å². The van der Waals surface area contributed by atoms with Gasteiger partial charge in [-0.05, 0) is 30.5 Å². The molecule has 1 amide bonds. The van der Waals surface area contributed by atoms with E-state index in [9.17, 15) is 9.59 Å². The van der Waals surface area contributed by atoms with Gasteiger partial charge < -0.3 is 9.15 Å². The molecular formula is C16H13NO4. The van der Waals surface area contributed by atoms with Crippen LogP contribution in [0.4, 0.5) is 10.5 Å². The van der Waals surface area contributed by atoms with Crippen LogP contribution in [0.1, 0.15) is 6.92 Å². The van der Waals surface area contributed by atoms with Crippen molar-refractivity contribution in [3.8, 4) is 0 Å². The van der Waals surface area contributed by atoms with Gasteiger partial charge in [-0.15, -0.1) is 0 Å². The number of benzene rings is 2. The molecule has 2 aromatic carbocycles. The van der Waals surface area contributed by atoms with E-state index in [1.165, 1.54) is 0 Å². The monoisotopic (exact) mass is 283 g/mol. The van der Waals surface area contributed by atoms with Gasteiger partial charge in [0.1, 0.15) is 5.58 Å². The van der Waals surface area contributed by atoms with Gasteiger partial charge in [0.2, 0.25) is 0 Å². The maximum atomic E-state index is 11.9. The number of carbonyl (C=O) groups is 1. The van der Waals surface area contributed by atoms with Gasteiger partial charge in [-0.1, -0.05) is 18.2 Å². The van der Waals surface area contributed by atoms with Gasteiger partial charge in [-0.25, -0.2) is 9.59 Å². The second-order valence-electron chi connectivity index (χ2n) is 4.49. The van der Waals surface area contributed by atoms with E-state index >= 15 is 0 Å². The second-order valence-corrected chi connectivity index (χ2v) is 4.49. The van der Waals surface area contributed by atoms with Crippen molar-refractivity contribution in [1.82, 2.24) is 0 Å². The lowest BCUT2D eigenvalue weighted by molar-refractivity contribution is 0.168. The lowest BCUT2D eigenvalue weighted by Gasteiger charge is -2.07. The Morgan fingerprint density at radius 3 is 2.67 bits per heavy atom. The van der Waals surface area contributed by atoms with Crippen LogP contribution in [-0.2, 0) is 4.74 Å². The van der Waals surface area contributed by atoms with Crippen LogP contribution in [0, 0.1) is 0 Å². The molecule has 0 aliphatic carbocycles. The normalized spacial score (nSPS) is 10.7. The van der Waals surface area contributed by atoms with Crippen molar-refractivity contribution in [3.63, 3.8) is 0 Å². The number of carbonyl (C=O) groups excluding carboxylic acids is 1. The Hall–Kier alpha value is -2.82. The summed E-state index contributed by atoms with van der Waals surface area (Å²) < 4.78 is 10.1. The summed E-state index contributed by atoms with van der Waals surface area (Å²) in [6.45, 7) is 2.02. The fraction of sp³-hybridized carbons (Fsp3) is 0.125. The van der Waals surface area contributed by atoms with Crippen LogP contribution in [0.3, 0.4) is 0 Å². The highest BCUT2D eigenvalue weighted by atomic mass is 16.5. The Kier molecular flexibility index (Phi) is 3.31. The number of hydrogen-bond donors (Lipinski definition) is 1. The maximum Gasteiger partial charge on any atom is 0.411 e. The average molecular weight is 283 g/mol. The summed E-state index contributed by atoms with van der Waals surface area (Å²) in [5.41, 5.74) is 0.541. The van der Waals surface area contributed by atoms with Crippen LogP contribution in [0.25, 0.3) is 21.7 Å². The van der Waals surface area contributed by atoms with E-state index < -0.39 is 11.7 Å². The Morgan fingerprint density at radius 1 is 1.14 bits per heavy atom. The quantitative estimate of drug-likeness (QED) is 0.577. The van der Waals surface area contributed by atoms with Gasteiger partial charge in [-0.3, -0.25) is 5.32 Å². The number of anilines is 1. The third kappa shape index (κ3) is 2.45. The molecule has 5 heteroatoms. The minimum absolute atomic E-state index is 0.291. The van der Waals surface area contributed by atoms with Crippen LogP contribution in [-0.4, -0.2) is 12.7 Å². The number of rotatable bonds is 2. The molecule has 5 nitrogen and oxygen atoms in total. The zero-order chi connectivity index (χ0) is 14.8.